The Balaban J connectivity index is 1.99. The van der Waals surface area contributed by atoms with Gasteiger partial charge in [0.05, 0.1) is 30.6 Å². The first-order valence-corrected chi connectivity index (χ1v) is 12.8. The minimum absolute atomic E-state index is 0.128. The van der Waals surface area contributed by atoms with Crippen molar-refractivity contribution in [2.45, 2.75) is 19.9 Å². The number of aryl methyl sites for hydroxylation is 1. The van der Waals surface area contributed by atoms with Crippen LogP contribution >= 0.6 is 11.6 Å². The van der Waals surface area contributed by atoms with Crippen molar-refractivity contribution < 1.29 is 13.9 Å². The first kappa shape index (κ1) is 29.2. The van der Waals surface area contributed by atoms with Gasteiger partial charge in [-0.1, -0.05) is 31.5 Å². The Morgan fingerprint density at radius 2 is 2.00 bits per heavy atom. The number of nitrogens with zero attached hydrogens (tertiary/aromatic N) is 6. The average Bonchev–Trinajstić information content (AvgIpc) is 3.19. The summed E-state index contributed by atoms with van der Waals surface area (Å²) in [4.78, 5) is 37.8. The topological polar surface area (TPSA) is 140 Å². The fourth-order valence-electron chi connectivity index (χ4n) is 4.54. The third-order valence-electron chi connectivity index (χ3n) is 6.54. The highest BCUT2D eigenvalue weighted by Gasteiger charge is 2.45. The predicted octanol–water partition coefficient (Wildman–Crippen LogP) is 4.04. The highest BCUT2D eigenvalue weighted by molar-refractivity contribution is 6.52. The summed E-state index contributed by atoms with van der Waals surface area (Å²) in [6.45, 7) is 3.74. The number of halogens is 2. The second-order valence-electron chi connectivity index (χ2n) is 9.86. The van der Waals surface area contributed by atoms with Crippen molar-refractivity contribution in [3.8, 4) is 11.9 Å². The van der Waals surface area contributed by atoms with Crippen LogP contribution in [0.5, 0.6) is 5.88 Å². The van der Waals surface area contributed by atoms with Crippen LogP contribution < -0.4 is 25.4 Å². The van der Waals surface area contributed by atoms with E-state index in [2.05, 4.69) is 15.3 Å². The maximum Gasteiger partial charge on any atom is 0.277 e. The Labute approximate surface area is 241 Å². The van der Waals surface area contributed by atoms with E-state index in [4.69, 9.17) is 21.7 Å². The van der Waals surface area contributed by atoms with E-state index in [9.17, 15) is 19.2 Å². The summed E-state index contributed by atoms with van der Waals surface area (Å²) in [5.74, 6) is -1.08. The van der Waals surface area contributed by atoms with Crippen molar-refractivity contribution in [1.82, 2.24) is 14.5 Å². The maximum atomic E-state index is 14.9. The molecule has 1 saturated heterocycles. The molecule has 0 bridgehead atoms. The SMILES string of the molecule is COc1nc(N(C)C)ncc1N/C(=C1\C(=N)C(=O)N(c2cc(Cl)c(=O)n(C)c2)C1c1ccc(C#N)c(F)c1)C(C)C. The highest BCUT2D eigenvalue weighted by atomic mass is 35.5. The molecule has 2 aromatic heterocycles. The number of carbonyl (C=O) groups excluding carboxylic acids is 1. The van der Waals surface area contributed by atoms with Crippen LogP contribution in [0.3, 0.4) is 0 Å². The molecule has 1 aliphatic rings. The van der Waals surface area contributed by atoms with Gasteiger partial charge in [0, 0.05) is 38.6 Å². The van der Waals surface area contributed by atoms with Crippen LogP contribution in [0.25, 0.3) is 0 Å². The Kier molecular flexibility index (Phi) is 8.12. The van der Waals surface area contributed by atoms with Gasteiger partial charge in [0.2, 0.25) is 11.8 Å². The van der Waals surface area contributed by atoms with E-state index in [0.29, 0.717) is 22.9 Å². The van der Waals surface area contributed by atoms with Gasteiger partial charge in [0.15, 0.2) is 0 Å². The van der Waals surface area contributed by atoms with Crippen molar-refractivity contribution in [3.63, 3.8) is 0 Å². The van der Waals surface area contributed by atoms with Gasteiger partial charge < -0.3 is 19.5 Å². The average molecular weight is 579 g/mol. The van der Waals surface area contributed by atoms with E-state index in [-0.39, 0.29) is 39.4 Å². The summed E-state index contributed by atoms with van der Waals surface area (Å²) in [6, 6.07) is 6.14. The van der Waals surface area contributed by atoms with Gasteiger partial charge >= 0.3 is 0 Å². The molecule has 3 heterocycles. The largest absolute Gasteiger partial charge is 0.479 e. The summed E-state index contributed by atoms with van der Waals surface area (Å²) in [7, 11) is 6.53. The van der Waals surface area contributed by atoms with Crippen molar-refractivity contribution in [2.75, 3.05) is 36.3 Å². The van der Waals surface area contributed by atoms with Crippen molar-refractivity contribution >= 4 is 40.5 Å². The van der Waals surface area contributed by atoms with E-state index in [1.807, 2.05) is 13.8 Å². The number of hydrogen-bond donors (Lipinski definition) is 2. The molecular formula is C28H28ClFN8O3. The van der Waals surface area contributed by atoms with Gasteiger partial charge in [-0.3, -0.25) is 19.9 Å². The van der Waals surface area contributed by atoms with E-state index < -0.39 is 23.3 Å². The molecule has 0 saturated carbocycles. The lowest BCUT2D eigenvalue weighted by atomic mass is 9.92. The monoisotopic (exact) mass is 578 g/mol. The van der Waals surface area contributed by atoms with E-state index in [1.165, 1.54) is 60.3 Å². The van der Waals surface area contributed by atoms with Crippen LogP contribution in [-0.2, 0) is 11.8 Å². The molecule has 0 aliphatic carbocycles. The normalized spacial score (nSPS) is 16.2. The number of nitrogens with one attached hydrogen (secondary N) is 2. The van der Waals surface area contributed by atoms with Gasteiger partial charge in [0.1, 0.15) is 28.3 Å². The van der Waals surface area contributed by atoms with Crippen LogP contribution in [0.15, 0.2) is 52.7 Å². The molecule has 4 rings (SSSR count). The molecule has 0 spiro atoms. The van der Waals surface area contributed by atoms with Crippen LogP contribution in [0.1, 0.15) is 31.0 Å². The molecule has 13 heteroatoms. The van der Waals surface area contributed by atoms with Crippen molar-refractivity contribution in [1.29, 1.82) is 10.7 Å². The molecule has 1 aromatic carbocycles. The molecule has 3 aromatic rings. The molecule has 41 heavy (non-hydrogen) atoms. The Hall–Kier alpha value is -4.76. The molecule has 1 atom stereocenters. The summed E-state index contributed by atoms with van der Waals surface area (Å²) in [5, 5.41) is 21.3. The minimum atomic E-state index is -1.01. The van der Waals surface area contributed by atoms with Gasteiger partial charge in [-0.2, -0.15) is 10.2 Å². The number of carbonyl (C=O) groups is 1. The van der Waals surface area contributed by atoms with Crippen molar-refractivity contribution in [3.05, 3.63) is 80.2 Å². The number of aromatic nitrogens is 3. The third-order valence-corrected chi connectivity index (χ3v) is 6.81. The molecule has 1 aliphatic heterocycles. The smallest absolute Gasteiger partial charge is 0.277 e. The van der Waals surface area contributed by atoms with E-state index in [0.717, 1.165) is 0 Å². The number of rotatable bonds is 7. The number of pyridine rings is 1. The zero-order chi connectivity index (χ0) is 30.2. The second kappa shape index (κ2) is 11.4. The van der Waals surface area contributed by atoms with Crippen LogP contribution in [-0.4, -0.2) is 47.4 Å². The molecule has 1 unspecified atom stereocenters. The maximum absolute atomic E-state index is 14.9. The lowest BCUT2D eigenvalue weighted by Gasteiger charge is -2.28. The number of nitriles is 1. The minimum Gasteiger partial charge on any atom is -0.479 e. The fraction of sp³-hybridized carbons (Fsp3) is 0.286. The Morgan fingerprint density at radius 3 is 2.56 bits per heavy atom. The van der Waals surface area contributed by atoms with Gasteiger partial charge in [0.25, 0.3) is 11.5 Å². The highest BCUT2D eigenvalue weighted by Crippen LogP contribution is 2.43. The number of methoxy groups -OCH3 is 1. The quantitative estimate of drug-likeness (QED) is 0.428. The molecule has 2 N–H and O–H groups in total. The molecule has 212 valence electrons. The molecule has 1 amide bonds. The molecule has 0 radical (unpaired) electrons. The number of ether oxygens (including phenoxy) is 1. The summed E-state index contributed by atoms with van der Waals surface area (Å²) < 4.78 is 21.6. The lowest BCUT2D eigenvalue weighted by Crippen LogP contribution is -2.31. The first-order valence-electron chi connectivity index (χ1n) is 12.5. The molecule has 11 nitrogen and oxygen atoms in total. The Bertz CT molecular complexity index is 1670. The van der Waals surface area contributed by atoms with Crippen LogP contribution in [0.4, 0.5) is 21.7 Å². The Morgan fingerprint density at radius 1 is 1.29 bits per heavy atom. The summed E-state index contributed by atoms with van der Waals surface area (Å²) in [5.41, 5.74) is 0.689. The summed E-state index contributed by atoms with van der Waals surface area (Å²) in [6.07, 6.45) is 2.96. The zero-order valence-electron chi connectivity index (χ0n) is 23.3. The number of benzene rings is 1. The summed E-state index contributed by atoms with van der Waals surface area (Å²) >= 11 is 6.19. The van der Waals surface area contributed by atoms with Crippen LogP contribution in [0, 0.1) is 28.5 Å². The lowest BCUT2D eigenvalue weighted by molar-refractivity contribution is -0.112. The van der Waals surface area contributed by atoms with Gasteiger partial charge in [-0.25, -0.2) is 9.37 Å². The van der Waals surface area contributed by atoms with Crippen molar-refractivity contribution in [2.24, 2.45) is 13.0 Å². The van der Waals surface area contributed by atoms with Crippen LogP contribution in [0.2, 0.25) is 5.02 Å². The van der Waals surface area contributed by atoms with E-state index >= 15 is 0 Å². The van der Waals surface area contributed by atoms with Gasteiger partial charge in [-0.15, -0.1) is 0 Å². The number of allylic oxidation sites excluding steroid dienone is 1. The number of anilines is 3. The molecule has 1 fully saturated rings. The van der Waals surface area contributed by atoms with E-state index in [1.54, 1.807) is 25.1 Å². The standard InChI is InChI=1S/C28H28ClFN8O3/c1-14(2)23(34-20-12-33-28(36(3)4)35-25(20)41-6)21-22(32)27(40)38(17-10-18(29)26(39)37(5)13-17)24(21)15-7-8-16(11-31)19(30)9-15/h7-10,12-14,24,32,34H,1-6H3/b23-21+,32-22?. The second-order valence-corrected chi connectivity index (χ2v) is 10.3. The van der Waals surface area contributed by atoms with Gasteiger partial charge in [-0.05, 0) is 29.7 Å². The zero-order valence-corrected chi connectivity index (χ0v) is 24.0. The fourth-order valence-corrected chi connectivity index (χ4v) is 4.79. The first-order chi connectivity index (χ1) is 19.4. The molecular weight excluding hydrogens is 551 g/mol. The number of hydrogen-bond acceptors (Lipinski definition) is 9. The number of amides is 1. The third kappa shape index (κ3) is 5.36. The predicted molar refractivity (Wildman–Crippen MR) is 154 cm³/mol.